The highest BCUT2D eigenvalue weighted by Gasteiger charge is 2.32. The fraction of sp³-hybridized carbons (Fsp3) is 0.429. The van der Waals surface area contributed by atoms with Crippen LogP contribution in [-0.2, 0) is 16.0 Å². The second-order valence-electron chi connectivity index (χ2n) is 4.71. The van der Waals surface area contributed by atoms with Crippen molar-refractivity contribution in [3.05, 3.63) is 29.8 Å². The number of hydrogen-bond donors (Lipinski definition) is 1. The molecular formula is C14H18N2O3. The number of likely N-dealkylation sites (tertiary alicyclic amines) is 1. The van der Waals surface area contributed by atoms with Crippen LogP contribution in [0.1, 0.15) is 12.0 Å². The quantitative estimate of drug-likeness (QED) is 0.843. The van der Waals surface area contributed by atoms with Crippen molar-refractivity contribution in [1.82, 2.24) is 4.90 Å². The Balaban J connectivity index is 1.96. The van der Waals surface area contributed by atoms with Gasteiger partial charge in [-0.05, 0) is 18.1 Å². The van der Waals surface area contributed by atoms with E-state index in [4.69, 9.17) is 10.5 Å². The van der Waals surface area contributed by atoms with Crippen LogP contribution in [0.2, 0.25) is 0 Å². The predicted octanol–water partition coefficient (Wildman–Crippen LogP) is 0.571. The van der Waals surface area contributed by atoms with Crippen LogP contribution in [0.15, 0.2) is 24.3 Å². The van der Waals surface area contributed by atoms with Gasteiger partial charge in [-0.25, -0.2) is 0 Å². The highest BCUT2D eigenvalue weighted by molar-refractivity contribution is 5.88. The molecule has 1 heterocycles. The maximum absolute atomic E-state index is 11.8. The van der Waals surface area contributed by atoms with E-state index in [-0.39, 0.29) is 18.2 Å². The Kier molecular flexibility index (Phi) is 4.04. The molecule has 5 heteroatoms. The first-order valence-electron chi connectivity index (χ1n) is 6.30. The molecule has 2 N–H and O–H groups in total. The van der Waals surface area contributed by atoms with E-state index in [0.717, 1.165) is 11.3 Å². The lowest BCUT2D eigenvalue weighted by Gasteiger charge is -2.17. The first-order valence-corrected chi connectivity index (χ1v) is 6.30. The van der Waals surface area contributed by atoms with Crippen LogP contribution in [0.25, 0.3) is 0 Å². The van der Waals surface area contributed by atoms with Crippen molar-refractivity contribution in [3.63, 3.8) is 0 Å². The van der Waals surface area contributed by atoms with Gasteiger partial charge in [-0.1, -0.05) is 18.2 Å². The van der Waals surface area contributed by atoms with Gasteiger partial charge in [0.2, 0.25) is 11.8 Å². The van der Waals surface area contributed by atoms with Crippen molar-refractivity contribution in [1.29, 1.82) is 0 Å². The summed E-state index contributed by atoms with van der Waals surface area (Å²) in [7, 11) is 1.63. The smallest absolute Gasteiger partial charge is 0.223 e. The van der Waals surface area contributed by atoms with Crippen molar-refractivity contribution in [2.24, 2.45) is 11.7 Å². The highest BCUT2D eigenvalue weighted by atomic mass is 16.5. The minimum atomic E-state index is -0.395. The van der Waals surface area contributed by atoms with Crippen molar-refractivity contribution in [3.8, 4) is 5.75 Å². The third-order valence-corrected chi connectivity index (χ3v) is 3.46. The van der Waals surface area contributed by atoms with Gasteiger partial charge >= 0.3 is 0 Å². The molecule has 102 valence electrons. The van der Waals surface area contributed by atoms with E-state index in [0.29, 0.717) is 19.5 Å². The van der Waals surface area contributed by atoms with E-state index in [1.165, 1.54) is 0 Å². The van der Waals surface area contributed by atoms with Crippen molar-refractivity contribution < 1.29 is 14.3 Å². The summed E-state index contributed by atoms with van der Waals surface area (Å²) in [6, 6.07) is 7.72. The minimum absolute atomic E-state index is 0.00121. The van der Waals surface area contributed by atoms with E-state index >= 15 is 0 Å². The zero-order valence-corrected chi connectivity index (χ0v) is 11.0. The fourth-order valence-electron chi connectivity index (χ4n) is 2.34. The lowest BCUT2D eigenvalue weighted by Crippen LogP contribution is -2.30. The predicted molar refractivity (Wildman–Crippen MR) is 70.6 cm³/mol. The van der Waals surface area contributed by atoms with Gasteiger partial charge < -0.3 is 15.4 Å². The van der Waals surface area contributed by atoms with Gasteiger partial charge in [-0.2, -0.15) is 0 Å². The first-order chi connectivity index (χ1) is 9.11. The Morgan fingerprint density at radius 2 is 2.21 bits per heavy atom. The Hall–Kier alpha value is -2.04. The molecule has 1 aromatic carbocycles. The zero-order chi connectivity index (χ0) is 13.8. The fourth-order valence-corrected chi connectivity index (χ4v) is 2.34. The number of hydrogen-bond acceptors (Lipinski definition) is 3. The molecule has 1 aromatic rings. The van der Waals surface area contributed by atoms with Crippen molar-refractivity contribution in [2.75, 3.05) is 20.2 Å². The zero-order valence-electron chi connectivity index (χ0n) is 11.0. The number of para-hydroxylation sites is 1. The molecule has 0 radical (unpaired) electrons. The Morgan fingerprint density at radius 1 is 1.47 bits per heavy atom. The molecule has 0 bridgehead atoms. The lowest BCUT2D eigenvalue weighted by atomic mass is 10.1. The molecule has 0 aliphatic carbocycles. The van der Waals surface area contributed by atoms with Gasteiger partial charge in [-0.15, -0.1) is 0 Å². The number of benzene rings is 1. The summed E-state index contributed by atoms with van der Waals surface area (Å²) >= 11 is 0. The van der Waals surface area contributed by atoms with Crippen molar-refractivity contribution >= 4 is 11.8 Å². The third-order valence-electron chi connectivity index (χ3n) is 3.46. The van der Waals surface area contributed by atoms with E-state index in [1.807, 2.05) is 24.3 Å². The third kappa shape index (κ3) is 3.05. The molecule has 0 unspecified atom stereocenters. The van der Waals surface area contributed by atoms with Crippen LogP contribution in [0.5, 0.6) is 5.75 Å². The second kappa shape index (κ2) is 5.73. The Morgan fingerprint density at radius 3 is 2.84 bits per heavy atom. The van der Waals surface area contributed by atoms with Gasteiger partial charge in [-0.3, -0.25) is 9.59 Å². The van der Waals surface area contributed by atoms with Crippen LogP contribution in [0.4, 0.5) is 0 Å². The van der Waals surface area contributed by atoms with E-state index in [9.17, 15) is 9.59 Å². The molecule has 1 aliphatic rings. The number of carbonyl (C=O) groups is 2. The molecular weight excluding hydrogens is 244 g/mol. The summed E-state index contributed by atoms with van der Waals surface area (Å²) in [4.78, 5) is 24.5. The van der Waals surface area contributed by atoms with Gasteiger partial charge in [0.25, 0.3) is 0 Å². The SMILES string of the molecule is COc1ccccc1CCN1C[C@@H](C(N)=O)CC1=O. The van der Waals surface area contributed by atoms with Crippen LogP contribution in [-0.4, -0.2) is 36.9 Å². The van der Waals surface area contributed by atoms with Crippen LogP contribution < -0.4 is 10.5 Å². The summed E-state index contributed by atoms with van der Waals surface area (Å²) in [5, 5.41) is 0. The number of nitrogens with two attached hydrogens (primary N) is 1. The first kappa shape index (κ1) is 13.4. The maximum Gasteiger partial charge on any atom is 0.223 e. The summed E-state index contributed by atoms with van der Waals surface area (Å²) in [5.74, 6) is 0.0811. The molecule has 0 spiro atoms. The normalized spacial score (nSPS) is 18.7. The summed E-state index contributed by atoms with van der Waals surface area (Å²) in [6.45, 7) is 1.02. The topological polar surface area (TPSA) is 72.6 Å². The molecule has 0 aromatic heterocycles. The summed E-state index contributed by atoms with van der Waals surface area (Å²) in [5.41, 5.74) is 6.29. The standard InChI is InChI=1S/C14H18N2O3/c1-19-12-5-3-2-4-10(12)6-7-16-9-11(14(15)18)8-13(16)17/h2-5,11H,6-9H2,1H3,(H2,15,18)/t11-/m0/s1. The number of nitrogens with zero attached hydrogens (tertiary/aromatic N) is 1. The molecule has 1 fully saturated rings. The number of ether oxygens (including phenoxy) is 1. The molecule has 2 amide bonds. The summed E-state index contributed by atoms with van der Waals surface area (Å²) < 4.78 is 5.27. The number of carbonyl (C=O) groups excluding carboxylic acids is 2. The number of amides is 2. The minimum Gasteiger partial charge on any atom is -0.496 e. The van der Waals surface area contributed by atoms with E-state index < -0.39 is 5.91 Å². The van der Waals surface area contributed by atoms with Gasteiger partial charge in [0, 0.05) is 19.5 Å². The van der Waals surface area contributed by atoms with Gasteiger partial charge in [0.15, 0.2) is 0 Å². The molecule has 1 atom stereocenters. The van der Waals surface area contributed by atoms with Crippen LogP contribution in [0, 0.1) is 5.92 Å². The Bertz CT molecular complexity index is 487. The van der Waals surface area contributed by atoms with E-state index in [2.05, 4.69) is 0 Å². The van der Waals surface area contributed by atoms with E-state index in [1.54, 1.807) is 12.0 Å². The Labute approximate surface area is 112 Å². The highest BCUT2D eigenvalue weighted by Crippen LogP contribution is 2.21. The molecule has 2 rings (SSSR count). The van der Waals surface area contributed by atoms with Crippen molar-refractivity contribution in [2.45, 2.75) is 12.8 Å². The molecule has 19 heavy (non-hydrogen) atoms. The molecule has 1 aliphatic heterocycles. The molecule has 1 saturated heterocycles. The molecule has 0 saturated carbocycles. The second-order valence-corrected chi connectivity index (χ2v) is 4.71. The maximum atomic E-state index is 11.8. The van der Waals surface area contributed by atoms with Crippen LogP contribution >= 0.6 is 0 Å². The van der Waals surface area contributed by atoms with Crippen LogP contribution in [0.3, 0.4) is 0 Å². The lowest BCUT2D eigenvalue weighted by molar-refractivity contribution is -0.128. The van der Waals surface area contributed by atoms with Gasteiger partial charge in [0.1, 0.15) is 5.75 Å². The monoisotopic (exact) mass is 262 g/mol. The average molecular weight is 262 g/mol. The summed E-state index contributed by atoms with van der Waals surface area (Å²) in [6.07, 6.45) is 0.947. The molecule has 5 nitrogen and oxygen atoms in total. The number of methoxy groups -OCH3 is 1. The van der Waals surface area contributed by atoms with Gasteiger partial charge in [0.05, 0.1) is 13.0 Å². The average Bonchev–Trinajstić information content (AvgIpc) is 2.78. The largest absolute Gasteiger partial charge is 0.496 e. The number of primary amides is 1. The number of rotatable bonds is 5.